The number of halogens is 2. The first kappa shape index (κ1) is 17.7. The van der Waals surface area contributed by atoms with Crippen molar-refractivity contribution in [1.82, 2.24) is 5.32 Å². The fourth-order valence-electron chi connectivity index (χ4n) is 3.16. The number of carbonyl (C=O) groups excluding carboxylic acids is 1. The van der Waals surface area contributed by atoms with Gasteiger partial charge in [0, 0.05) is 11.0 Å². The minimum absolute atomic E-state index is 0.0505. The maximum atomic E-state index is 13.5. The van der Waals surface area contributed by atoms with Crippen LogP contribution in [0.5, 0.6) is 0 Å². The number of hydrogen-bond acceptors (Lipinski definition) is 4. The number of fused-ring (bicyclic) bond motifs is 1. The number of nitrogens with one attached hydrogen (secondary N) is 1. The summed E-state index contributed by atoms with van der Waals surface area (Å²) < 4.78 is 26.0. The summed E-state index contributed by atoms with van der Waals surface area (Å²) in [6.45, 7) is 4.20. The predicted molar refractivity (Wildman–Crippen MR) is 92.2 cm³/mol. The summed E-state index contributed by atoms with van der Waals surface area (Å²) in [6, 6.07) is 4.04. The molecule has 0 radical (unpaired) electrons. The average molecular weight is 398 g/mol. The molecule has 1 unspecified atom stereocenters. The van der Waals surface area contributed by atoms with Crippen molar-refractivity contribution < 1.29 is 18.7 Å². The number of carbonyl (C=O) groups is 1. The Morgan fingerprint density at radius 2 is 2.12 bits per heavy atom. The van der Waals surface area contributed by atoms with E-state index in [-0.39, 0.29) is 17.7 Å². The molecule has 1 fully saturated rings. The molecular weight excluding hydrogens is 377 g/mol. The first-order valence-electron chi connectivity index (χ1n) is 8.07. The number of hydrogen-bond donors (Lipinski definition) is 1. The second kappa shape index (κ2) is 7.04. The Labute approximate surface area is 149 Å². The topological polar surface area (TPSA) is 47.6 Å². The van der Waals surface area contributed by atoms with Gasteiger partial charge in [-0.25, -0.2) is 4.39 Å². The van der Waals surface area contributed by atoms with E-state index in [9.17, 15) is 9.18 Å². The zero-order valence-electron chi connectivity index (χ0n) is 13.7. The van der Waals surface area contributed by atoms with Gasteiger partial charge < -0.3 is 14.8 Å². The Kier molecular flexibility index (Phi) is 5.20. The first-order chi connectivity index (χ1) is 11.4. The molecule has 4 nitrogen and oxygen atoms in total. The van der Waals surface area contributed by atoms with Gasteiger partial charge in [-0.15, -0.1) is 0 Å². The Morgan fingerprint density at radius 1 is 1.33 bits per heavy atom. The highest BCUT2D eigenvalue weighted by Gasteiger charge is 2.46. The monoisotopic (exact) mass is 397 g/mol. The average Bonchev–Trinajstić information content (AvgIpc) is 2.84. The van der Waals surface area contributed by atoms with Gasteiger partial charge in [-0.05, 0) is 50.5 Å². The molecule has 0 saturated carbocycles. The lowest BCUT2D eigenvalue weighted by atomic mass is 9.96. The smallest absolute Gasteiger partial charge is 0.181 e. The summed E-state index contributed by atoms with van der Waals surface area (Å²) in [4.78, 5) is 13.0. The van der Waals surface area contributed by atoms with Crippen LogP contribution in [0.15, 0.2) is 34.8 Å². The Morgan fingerprint density at radius 3 is 2.92 bits per heavy atom. The van der Waals surface area contributed by atoms with E-state index in [1.807, 2.05) is 26.0 Å². The van der Waals surface area contributed by atoms with Crippen molar-refractivity contribution >= 4 is 21.7 Å². The van der Waals surface area contributed by atoms with Crippen molar-refractivity contribution in [3.63, 3.8) is 0 Å². The maximum Gasteiger partial charge on any atom is 0.181 e. The summed E-state index contributed by atoms with van der Waals surface area (Å²) in [6.07, 6.45) is 4.10. The normalized spacial score (nSPS) is 31.0. The number of rotatable bonds is 2. The molecular formula is C18H21BrFNO3. The lowest BCUT2D eigenvalue weighted by Crippen LogP contribution is -2.47. The van der Waals surface area contributed by atoms with Crippen LogP contribution in [0.3, 0.4) is 0 Å². The fourth-order valence-corrected chi connectivity index (χ4v) is 3.57. The van der Waals surface area contributed by atoms with E-state index in [0.717, 1.165) is 10.0 Å². The minimum atomic E-state index is -0.776. The van der Waals surface area contributed by atoms with E-state index in [2.05, 4.69) is 21.2 Å². The van der Waals surface area contributed by atoms with Crippen LogP contribution in [0.1, 0.15) is 25.8 Å². The summed E-state index contributed by atoms with van der Waals surface area (Å²) in [7, 11) is 0. The van der Waals surface area contributed by atoms with Crippen molar-refractivity contribution in [3.8, 4) is 0 Å². The molecule has 1 aromatic rings. The van der Waals surface area contributed by atoms with Gasteiger partial charge in [-0.2, -0.15) is 0 Å². The number of benzene rings is 1. The van der Waals surface area contributed by atoms with Gasteiger partial charge in [0.25, 0.3) is 0 Å². The van der Waals surface area contributed by atoms with Crippen LogP contribution >= 0.6 is 15.9 Å². The van der Waals surface area contributed by atoms with E-state index in [1.165, 1.54) is 12.1 Å². The van der Waals surface area contributed by atoms with E-state index < -0.39 is 17.9 Å². The second-order valence-corrected chi connectivity index (χ2v) is 7.46. The fraction of sp³-hybridized carbons (Fsp3) is 0.500. The molecule has 0 aromatic heterocycles. The van der Waals surface area contributed by atoms with Crippen LogP contribution in [-0.2, 0) is 20.7 Å². The SMILES string of the molecule is CC1(C)O[C@@H]2C(=O)C(Cc3cc(F)ccc3Br)NC/C=C\C[C@H]2O1. The third kappa shape index (κ3) is 3.94. The number of ether oxygens (including phenoxy) is 2. The van der Waals surface area contributed by atoms with Crippen molar-refractivity contribution in [2.24, 2.45) is 0 Å². The number of Topliss-reactive ketones (excluding diaryl/α,β-unsaturated/α-hetero) is 1. The van der Waals surface area contributed by atoms with Gasteiger partial charge in [-0.1, -0.05) is 28.1 Å². The lowest BCUT2D eigenvalue weighted by molar-refractivity contribution is -0.155. The molecule has 130 valence electrons. The summed E-state index contributed by atoms with van der Waals surface area (Å²) in [5.74, 6) is -1.14. The zero-order valence-corrected chi connectivity index (χ0v) is 15.3. The Balaban J connectivity index is 1.85. The quantitative estimate of drug-likeness (QED) is 0.778. The molecule has 0 bridgehead atoms. The standard InChI is InChI=1S/C18H21BrFNO3/c1-18(2)23-15-5-3-4-8-21-14(16(22)17(15)24-18)10-11-9-12(20)6-7-13(11)19/h3-4,6-7,9,14-15,17,21H,5,8,10H2,1-2H3/b4-3-/t14?,15-,17+/m1/s1. The maximum absolute atomic E-state index is 13.5. The van der Waals surface area contributed by atoms with Crippen LogP contribution in [-0.4, -0.2) is 36.4 Å². The molecule has 1 N–H and O–H groups in total. The summed E-state index contributed by atoms with van der Waals surface area (Å²) in [5.41, 5.74) is 0.749. The summed E-state index contributed by atoms with van der Waals surface area (Å²) in [5, 5.41) is 3.23. The van der Waals surface area contributed by atoms with Gasteiger partial charge in [0.05, 0.1) is 12.1 Å². The molecule has 2 heterocycles. The van der Waals surface area contributed by atoms with Gasteiger partial charge in [-0.3, -0.25) is 4.79 Å². The molecule has 1 aromatic carbocycles. The Hall–Kier alpha value is -1.08. The van der Waals surface area contributed by atoms with Crippen LogP contribution in [0, 0.1) is 5.82 Å². The molecule has 2 aliphatic rings. The highest BCUT2D eigenvalue weighted by molar-refractivity contribution is 9.10. The van der Waals surface area contributed by atoms with Crippen molar-refractivity contribution in [3.05, 3.63) is 46.2 Å². The highest BCUT2D eigenvalue weighted by Crippen LogP contribution is 2.32. The van der Waals surface area contributed by atoms with Crippen LogP contribution in [0.4, 0.5) is 4.39 Å². The van der Waals surface area contributed by atoms with Gasteiger partial charge in [0.2, 0.25) is 0 Å². The molecule has 0 spiro atoms. The van der Waals surface area contributed by atoms with E-state index >= 15 is 0 Å². The molecule has 2 aliphatic heterocycles. The van der Waals surface area contributed by atoms with Crippen LogP contribution < -0.4 is 5.32 Å². The molecule has 0 aliphatic carbocycles. The van der Waals surface area contributed by atoms with Crippen LogP contribution in [0.2, 0.25) is 0 Å². The van der Waals surface area contributed by atoms with Gasteiger partial charge in [0.1, 0.15) is 11.9 Å². The largest absolute Gasteiger partial charge is 0.344 e. The van der Waals surface area contributed by atoms with Gasteiger partial charge >= 0.3 is 0 Å². The van der Waals surface area contributed by atoms with E-state index in [0.29, 0.717) is 19.4 Å². The Bertz CT molecular complexity index is 662. The van der Waals surface area contributed by atoms with Crippen molar-refractivity contribution in [1.29, 1.82) is 0 Å². The summed E-state index contributed by atoms with van der Waals surface area (Å²) >= 11 is 3.43. The molecule has 6 heteroatoms. The molecule has 3 rings (SSSR count). The molecule has 0 amide bonds. The van der Waals surface area contributed by atoms with Crippen molar-refractivity contribution in [2.45, 2.75) is 50.7 Å². The minimum Gasteiger partial charge on any atom is -0.344 e. The van der Waals surface area contributed by atoms with E-state index in [1.54, 1.807) is 6.07 Å². The van der Waals surface area contributed by atoms with Crippen LogP contribution in [0.25, 0.3) is 0 Å². The number of ketones is 1. The third-order valence-electron chi connectivity index (χ3n) is 4.26. The zero-order chi connectivity index (χ0) is 17.3. The van der Waals surface area contributed by atoms with Gasteiger partial charge in [0.15, 0.2) is 11.6 Å². The molecule has 24 heavy (non-hydrogen) atoms. The molecule has 1 saturated heterocycles. The highest BCUT2D eigenvalue weighted by atomic mass is 79.9. The third-order valence-corrected chi connectivity index (χ3v) is 5.03. The lowest BCUT2D eigenvalue weighted by Gasteiger charge is -2.22. The molecule has 3 atom stereocenters. The van der Waals surface area contributed by atoms with Crippen molar-refractivity contribution in [2.75, 3.05) is 6.54 Å². The second-order valence-electron chi connectivity index (χ2n) is 6.60. The first-order valence-corrected chi connectivity index (χ1v) is 8.87. The van der Waals surface area contributed by atoms with E-state index in [4.69, 9.17) is 9.47 Å². The predicted octanol–water partition coefficient (Wildman–Crippen LogP) is 3.14.